The topological polar surface area (TPSA) is 90.7 Å². The lowest BCUT2D eigenvalue weighted by Crippen LogP contribution is -2.30. The molecule has 0 saturated carbocycles. The third-order valence-electron chi connectivity index (χ3n) is 3.15. The zero-order chi connectivity index (χ0) is 18.3. The Morgan fingerprint density at radius 1 is 0.960 bits per heavy atom. The van der Waals surface area contributed by atoms with Crippen molar-refractivity contribution in [1.82, 2.24) is 9.88 Å². The lowest BCUT2D eigenvalue weighted by Gasteiger charge is -2.12. The number of aromatic nitrogens is 1. The highest BCUT2D eigenvalue weighted by molar-refractivity contribution is 8.76. The predicted molar refractivity (Wildman–Crippen MR) is 101 cm³/mol. The number of pyridine rings is 1. The molecule has 0 radical (unpaired) electrons. The van der Waals surface area contributed by atoms with Gasteiger partial charge in [0.1, 0.15) is 5.03 Å². The molecule has 6 nitrogen and oxygen atoms in total. The van der Waals surface area contributed by atoms with E-state index in [2.05, 4.69) is 4.98 Å². The maximum absolute atomic E-state index is 11.1. The summed E-state index contributed by atoms with van der Waals surface area (Å²) in [6, 6.07) is 5.80. The van der Waals surface area contributed by atoms with Crippen molar-refractivity contribution in [3.63, 3.8) is 0 Å². The minimum absolute atomic E-state index is 0.211. The van der Waals surface area contributed by atoms with Crippen LogP contribution in [0, 0.1) is 0 Å². The van der Waals surface area contributed by atoms with E-state index >= 15 is 0 Å². The first-order chi connectivity index (χ1) is 12.2. The summed E-state index contributed by atoms with van der Waals surface area (Å²) in [7, 11) is 3.20. The minimum Gasteiger partial charge on any atom is -0.396 e. The van der Waals surface area contributed by atoms with Gasteiger partial charge in [-0.15, -0.1) is 0 Å². The number of unbranched alkanes of at least 4 members (excludes halogenated alkanes) is 3. The van der Waals surface area contributed by atoms with E-state index in [0.29, 0.717) is 6.54 Å². The second-order valence-electron chi connectivity index (χ2n) is 5.10. The molecule has 0 aliphatic carbocycles. The average Bonchev–Trinajstić information content (AvgIpc) is 2.95. The van der Waals surface area contributed by atoms with Gasteiger partial charge in [-0.2, -0.15) is 0 Å². The van der Waals surface area contributed by atoms with E-state index in [1.54, 1.807) is 27.8 Å². The molecule has 25 heavy (non-hydrogen) atoms. The highest BCUT2D eigenvalue weighted by Gasteiger charge is 2.21. The van der Waals surface area contributed by atoms with Crippen LogP contribution in [0.15, 0.2) is 41.6 Å². The smallest absolute Gasteiger partial charge is 0.253 e. The van der Waals surface area contributed by atoms with Crippen LogP contribution in [0.2, 0.25) is 0 Å². The second-order valence-corrected chi connectivity index (χ2v) is 7.53. The van der Waals surface area contributed by atoms with E-state index in [1.807, 2.05) is 18.2 Å². The molecule has 2 rings (SSSR count). The number of hydrogen-bond acceptors (Lipinski definition) is 7. The molecule has 2 N–H and O–H groups in total. The summed E-state index contributed by atoms with van der Waals surface area (Å²) in [4.78, 5) is 27.5. The molecule has 0 aromatic carbocycles. The number of aliphatic hydroxyl groups is 2. The summed E-state index contributed by atoms with van der Waals surface area (Å²) < 4.78 is 0. The van der Waals surface area contributed by atoms with Crippen LogP contribution in [0.25, 0.3) is 0 Å². The summed E-state index contributed by atoms with van der Waals surface area (Å²) in [6.07, 6.45) is 7.87. The highest BCUT2D eigenvalue weighted by Crippen LogP contribution is 2.27. The summed E-state index contributed by atoms with van der Waals surface area (Å²) in [5.41, 5.74) is 0. The number of imide groups is 1. The van der Waals surface area contributed by atoms with Crippen molar-refractivity contribution in [2.75, 3.05) is 25.5 Å². The van der Waals surface area contributed by atoms with E-state index in [0.717, 1.165) is 36.5 Å². The van der Waals surface area contributed by atoms with Crippen LogP contribution in [0.3, 0.4) is 0 Å². The van der Waals surface area contributed by atoms with Crippen molar-refractivity contribution >= 4 is 33.4 Å². The first-order valence-electron chi connectivity index (χ1n) is 8.14. The zero-order valence-electron chi connectivity index (χ0n) is 14.0. The van der Waals surface area contributed by atoms with Crippen molar-refractivity contribution in [3.05, 3.63) is 36.5 Å². The van der Waals surface area contributed by atoms with Gasteiger partial charge < -0.3 is 10.2 Å². The van der Waals surface area contributed by atoms with E-state index < -0.39 is 0 Å². The molecule has 8 heteroatoms. The van der Waals surface area contributed by atoms with Crippen LogP contribution in [-0.4, -0.2) is 57.4 Å². The minimum atomic E-state index is -0.211. The Morgan fingerprint density at radius 2 is 1.68 bits per heavy atom. The van der Waals surface area contributed by atoms with Gasteiger partial charge in [-0.05, 0) is 35.8 Å². The number of hydrogen-bond donors (Lipinski definition) is 2. The molecule has 0 fully saturated rings. The molecular weight excluding hydrogens is 360 g/mol. The summed E-state index contributed by atoms with van der Waals surface area (Å²) in [5.74, 6) is 0.329. The molecule has 1 aliphatic rings. The van der Waals surface area contributed by atoms with Crippen LogP contribution in [0.1, 0.15) is 25.7 Å². The lowest BCUT2D eigenvalue weighted by atomic mass is 10.2. The molecule has 138 valence electrons. The Bertz CT molecular complexity index is 523. The van der Waals surface area contributed by atoms with Gasteiger partial charge in [0.05, 0.1) is 6.61 Å². The average molecular weight is 385 g/mol. The maximum atomic E-state index is 11.1. The molecule has 0 saturated heterocycles. The van der Waals surface area contributed by atoms with Gasteiger partial charge in [-0.1, -0.05) is 29.7 Å². The Morgan fingerprint density at radius 3 is 2.28 bits per heavy atom. The van der Waals surface area contributed by atoms with Crippen molar-refractivity contribution in [1.29, 1.82) is 0 Å². The fraction of sp³-hybridized carbons (Fsp3) is 0.471. The molecular formula is C17H24N2O4S2. The number of aliphatic hydroxyl groups excluding tert-OH is 2. The van der Waals surface area contributed by atoms with Gasteiger partial charge >= 0.3 is 0 Å². The molecule has 0 unspecified atom stereocenters. The SMILES string of the molecule is O=C1C=CC(=O)N1CCCCCCO.OCCSSc1ccccn1. The normalized spacial score (nSPS) is 13.1. The van der Waals surface area contributed by atoms with E-state index in [-0.39, 0.29) is 25.0 Å². The number of carbonyl (C=O) groups excluding carboxylic acids is 2. The number of rotatable bonds is 10. The fourth-order valence-electron chi connectivity index (χ4n) is 1.92. The third kappa shape index (κ3) is 9.64. The monoisotopic (exact) mass is 384 g/mol. The number of carbonyl (C=O) groups is 2. The van der Waals surface area contributed by atoms with Crippen molar-refractivity contribution in [2.24, 2.45) is 0 Å². The van der Waals surface area contributed by atoms with Gasteiger partial charge in [0, 0.05) is 37.3 Å². The standard InChI is InChI=1S/C10H15NO3.C7H9NOS2/c12-8-4-2-1-3-7-11-9(13)5-6-10(11)14;9-5-6-10-11-7-3-1-2-4-8-7/h5-6,12H,1-4,7-8H2;1-4,9H,5-6H2. The molecule has 0 spiro atoms. The highest BCUT2D eigenvalue weighted by atomic mass is 33.1. The van der Waals surface area contributed by atoms with Crippen LogP contribution < -0.4 is 0 Å². The maximum Gasteiger partial charge on any atom is 0.253 e. The molecule has 2 amide bonds. The Balaban J connectivity index is 0.000000257. The zero-order valence-corrected chi connectivity index (χ0v) is 15.7. The number of amides is 2. The van der Waals surface area contributed by atoms with Crippen LogP contribution in [0.5, 0.6) is 0 Å². The molecule has 0 atom stereocenters. The summed E-state index contributed by atoms with van der Waals surface area (Å²) in [6.45, 7) is 0.934. The number of nitrogens with zero attached hydrogens (tertiary/aromatic N) is 2. The van der Waals surface area contributed by atoms with Gasteiger partial charge in [0.2, 0.25) is 0 Å². The summed E-state index contributed by atoms with van der Waals surface area (Å²) >= 11 is 0. The first-order valence-corrected chi connectivity index (χ1v) is 10.5. The first kappa shape index (κ1) is 21.7. The van der Waals surface area contributed by atoms with Crippen LogP contribution >= 0.6 is 21.6 Å². The van der Waals surface area contributed by atoms with Crippen molar-refractivity contribution < 1.29 is 19.8 Å². The Labute approximate surface area is 156 Å². The molecule has 0 bridgehead atoms. The van der Waals surface area contributed by atoms with Gasteiger partial charge in [-0.3, -0.25) is 14.5 Å². The van der Waals surface area contributed by atoms with Gasteiger partial charge in [-0.25, -0.2) is 4.98 Å². The molecule has 1 aromatic heterocycles. The van der Waals surface area contributed by atoms with Gasteiger partial charge in [0.15, 0.2) is 0 Å². The largest absolute Gasteiger partial charge is 0.396 e. The molecule has 1 aliphatic heterocycles. The Kier molecular flexibility index (Phi) is 12.0. The van der Waals surface area contributed by atoms with Crippen LogP contribution in [0.4, 0.5) is 0 Å². The Hall–Kier alpha value is -1.35. The lowest BCUT2D eigenvalue weighted by molar-refractivity contribution is -0.136. The predicted octanol–water partition coefficient (Wildman–Crippen LogP) is 2.28. The van der Waals surface area contributed by atoms with Crippen LogP contribution in [-0.2, 0) is 9.59 Å². The van der Waals surface area contributed by atoms with E-state index in [1.165, 1.54) is 17.1 Å². The molecule has 1 aromatic rings. The van der Waals surface area contributed by atoms with E-state index in [4.69, 9.17) is 10.2 Å². The fourth-order valence-corrected chi connectivity index (χ4v) is 3.57. The quantitative estimate of drug-likeness (QED) is 0.363. The third-order valence-corrected chi connectivity index (χ3v) is 5.39. The van der Waals surface area contributed by atoms with Crippen molar-refractivity contribution in [2.45, 2.75) is 30.7 Å². The van der Waals surface area contributed by atoms with Gasteiger partial charge in [0.25, 0.3) is 11.8 Å². The van der Waals surface area contributed by atoms with Crippen molar-refractivity contribution in [3.8, 4) is 0 Å². The molecule has 2 heterocycles. The summed E-state index contributed by atoms with van der Waals surface area (Å²) in [5, 5.41) is 18.0. The van der Waals surface area contributed by atoms with E-state index in [9.17, 15) is 9.59 Å². The second kappa shape index (κ2) is 13.9.